The average molecular weight is 433 g/mol. The van der Waals surface area contributed by atoms with Crippen LogP contribution in [0.3, 0.4) is 0 Å². The van der Waals surface area contributed by atoms with Gasteiger partial charge in [-0.05, 0) is 47.4 Å². The normalized spacial score (nSPS) is 17.0. The number of benzene rings is 3. The molecule has 6 heteroatoms. The van der Waals surface area contributed by atoms with Gasteiger partial charge >= 0.3 is 5.97 Å². The molecule has 0 unspecified atom stereocenters. The maximum absolute atomic E-state index is 12.5. The maximum Gasteiger partial charge on any atom is 0.307 e. The first-order valence-electron chi connectivity index (χ1n) is 10.7. The molecule has 2 atom stereocenters. The first-order chi connectivity index (χ1) is 15.6. The molecule has 1 aliphatic heterocycles. The second kappa shape index (κ2) is 9.32. The highest BCUT2D eigenvalue weighted by molar-refractivity contribution is 5.78. The van der Waals surface area contributed by atoms with Crippen molar-refractivity contribution in [1.29, 1.82) is 0 Å². The summed E-state index contributed by atoms with van der Waals surface area (Å²) in [4.78, 5) is 12.5. The van der Waals surface area contributed by atoms with Crippen molar-refractivity contribution in [3.05, 3.63) is 77.4 Å². The molecule has 0 amide bonds. The van der Waals surface area contributed by atoms with Gasteiger partial charge in [-0.3, -0.25) is 10.1 Å². The number of esters is 1. The van der Waals surface area contributed by atoms with Gasteiger partial charge in [0.1, 0.15) is 0 Å². The topological polar surface area (TPSA) is 82.8 Å². The van der Waals surface area contributed by atoms with E-state index in [1.165, 1.54) is 0 Å². The first kappa shape index (κ1) is 21.7. The molecule has 32 heavy (non-hydrogen) atoms. The number of para-hydroxylation sites is 1. The van der Waals surface area contributed by atoms with Gasteiger partial charge in [-0.1, -0.05) is 42.5 Å². The van der Waals surface area contributed by atoms with Crippen LogP contribution in [0, 0.1) is 0 Å². The van der Waals surface area contributed by atoms with Gasteiger partial charge < -0.3 is 19.9 Å². The molecule has 0 spiro atoms. The SMILES string of the molecule is CCOC(=O)C[C@H]1N[C@H](c2cccc(OC)c2OC)c2cc(N)ccc2-c2ccccc21. The zero-order valence-electron chi connectivity index (χ0n) is 18.6. The number of ether oxygens (including phenoxy) is 3. The lowest BCUT2D eigenvalue weighted by atomic mass is 9.90. The van der Waals surface area contributed by atoms with Crippen molar-refractivity contribution < 1.29 is 19.0 Å². The van der Waals surface area contributed by atoms with Gasteiger partial charge in [0.2, 0.25) is 0 Å². The molecule has 0 saturated carbocycles. The average Bonchev–Trinajstić information content (AvgIpc) is 2.93. The lowest BCUT2D eigenvalue weighted by Crippen LogP contribution is -2.29. The number of nitrogens with two attached hydrogens (primary N) is 1. The molecule has 6 nitrogen and oxygen atoms in total. The van der Waals surface area contributed by atoms with E-state index >= 15 is 0 Å². The number of hydrogen-bond acceptors (Lipinski definition) is 6. The Kier molecular flexibility index (Phi) is 6.32. The van der Waals surface area contributed by atoms with Gasteiger partial charge in [0, 0.05) is 17.3 Å². The summed E-state index contributed by atoms with van der Waals surface area (Å²) in [7, 11) is 3.25. The molecule has 0 saturated heterocycles. The molecular formula is C26H28N2O4. The molecule has 1 aliphatic rings. The number of carbonyl (C=O) groups is 1. The van der Waals surface area contributed by atoms with E-state index in [0.717, 1.165) is 27.8 Å². The van der Waals surface area contributed by atoms with E-state index in [1.807, 2.05) is 55.5 Å². The van der Waals surface area contributed by atoms with E-state index in [9.17, 15) is 4.79 Å². The number of nitrogens with one attached hydrogen (secondary N) is 1. The van der Waals surface area contributed by atoms with Crippen molar-refractivity contribution in [1.82, 2.24) is 5.32 Å². The molecule has 0 radical (unpaired) electrons. The van der Waals surface area contributed by atoms with Gasteiger partial charge in [0.25, 0.3) is 0 Å². The molecule has 0 bridgehead atoms. The summed E-state index contributed by atoms with van der Waals surface area (Å²) in [5.41, 5.74) is 12.0. The van der Waals surface area contributed by atoms with Crippen molar-refractivity contribution in [2.24, 2.45) is 0 Å². The van der Waals surface area contributed by atoms with Crippen LogP contribution in [0.4, 0.5) is 5.69 Å². The summed E-state index contributed by atoms with van der Waals surface area (Å²) in [6, 6.07) is 19.3. The summed E-state index contributed by atoms with van der Waals surface area (Å²) in [6.07, 6.45) is 0.205. The first-order valence-corrected chi connectivity index (χ1v) is 10.7. The molecule has 0 aromatic heterocycles. The van der Waals surface area contributed by atoms with Crippen LogP contribution in [0.5, 0.6) is 11.5 Å². The number of carbonyl (C=O) groups excluding carboxylic acids is 1. The summed E-state index contributed by atoms with van der Waals surface area (Å²) in [6.45, 7) is 2.16. The Morgan fingerprint density at radius 2 is 1.69 bits per heavy atom. The van der Waals surface area contributed by atoms with Gasteiger partial charge in [-0.15, -0.1) is 0 Å². The number of methoxy groups -OCH3 is 2. The Bertz CT molecular complexity index is 1130. The lowest BCUT2D eigenvalue weighted by Gasteiger charge is -2.26. The lowest BCUT2D eigenvalue weighted by molar-refractivity contribution is -0.143. The number of fused-ring (bicyclic) bond motifs is 3. The summed E-state index contributed by atoms with van der Waals surface area (Å²) in [5, 5.41) is 3.70. The summed E-state index contributed by atoms with van der Waals surface area (Å²) in [5.74, 6) is 1.03. The second-order valence-electron chi connectivity index (χ2n) is 7.68. The van der Waals surface area contributed by atoms with Crippen LogP contribution in [-0.4, -0.2) is 26.8 Å². The third-order valence-corrected chi connectivity index (χ3v) is 5.80. The minimum atomic E-state index is -0.287. The highest BCUT2D eigenvalue weighted by Crippen LogP contribution is 2.45. The van der Waals surface area contributed by atoms with Gasteiger partial charge in [0.15, 0.2) is 11.5 Å². The zero-order valence-corrected chi connectivity index (χ0v) is 18.6. The van der Waals surface area contributed by atoms with E-state index in [4.69, 9.17) is 19.9 Å². The van der Waals surface area contributed by atoms with Gasteiger partial charge in [-0.2, -0.15) is 0 Å². The van der Waals surface area contributed by atoms with Gasteiger partial charge in [0.05, 0.1) is 33.3 Å². The summed E-state index contributed by atoms with van der Waals surface area (Å²) < 4.78 is 16.6. The Balaban J connectivity index is 1.93. The highest BCUT2D eigenvalue weighted by atomic mass is 16.5. The molecule has 3 N–H and O–H groups in total. The van der Waals surface area contributed by atoms with Crippen molar-refractivity contribution >= 4 is 11.7 Å². The van der Waals surface area contributed by atoms with E-state index in [1.54, 1.807) is 14.2 Å². The minimum absolute atomic E-state index is 0.205. The van der Waals surface area contributed by atoms with Crippen LogP contribution in [-0.2, 0) is 9.53 Å². The fourth-order valence-corrected chi connectivity index (χ4v) is 4.44. The van der Waals surface area contributed by atoms with Crippen molar-refractivity contribution in [2.75, 3.05) is 26.6 Å². The number of rotatable bonds is 6. The predicted molar refractivity (Wildman–Crippen MR) is 125 cm³/mol. The van der Waals surface area contributed by atoms with E-state index in [2.05, 4.69) is 17.4 Å². The Hall–Kier alpha value is -3.51. The second-order valence-corrected chi connectivity index (χ2v) is 7.68. The molecule has 0 fully saturated rings. The molecule has 3 aromatic carbocycles. The fourth-order valence-electron chi connectivity index (χ4n) is 4.44. The predicted octanol–water partition coefficient (Wildman–Crippen LogP) is 4.64. The largest absolute Gasteiger partial charge is 0.493 e. The van der Waals surface area contributed by atoms with Crippen LogP contribution in [0.15, 0.2) is 60.7 Å². The van der Waals surface area contributed by atoms with Crippen molar-refractivity contribution in [3.63, 3.8) is 0 Å². The third kappa shape index (κ3) is 4.01. The van der Waals surface area contributed by atoms with E-state index < -0.39 is 0 Å². The highest BCUT2D eigenvalue weighted by Gasteiger charge is 2.32. The Morgan fingerprint density at radius 1 is 0.938 bits per heavy atom. The number of anilines is 1. The minimum Gasteiger partial charge on any atom is -0.493 e. The molecule has 4 rings (SSSR count). The Morgan fingerprint density at radius 3 is 2.44 bits per heavy atom. The molecule has 166 valence electrons. The van der Waals surface area contributed by atoms with E-state index in [0.29, 0.717) is 23.8 Å². The Labute approximate surface area is 188 Å². The molecule has 0 aliphatic carbocycles. The molecule has 3 aromatic rings. The van der Waals surface area contributed by atoms with Crippen LogP contribution in [0.2, 0.25) is 0 Å². The van der Waals surface area contributed by atoms with Crippen LogP contribution < -0.4 is 20.5 Å². The van der Waals surface area contributed by atoms with E-state index in [-0.39, 0.29) is 24.5 Å². The van der Waals surface area contributed by atoms with Crippen molar-refractivity contribution in [3.8, 4) is 22.6 Å². The number of hydrogen-bond donors (Lipinski definition) is 2. The third-order valence-electron chi connectivity index (χ3n) is 5.80. The standard InChI is InChI=1S/C26H28N2O4/c1-4-32-24(29)15-22-19-9-6-5-8-17(19)18-13-12-16(27)14-21(18)25(28-22)20-10-7-11-23(30-2)26(20)31-3/h5-14,22,25,28H,4,15,27H2,1-3H3/t22-,25-/m1/s1. The van der Waals surface area contributed by atoms with Crippen molar-refractivity contribution in [2.45, 2.75) is 25.4 Å². The quantitative estimate of drug-likeness (QED) is 0.436. The molecule has 1 heterocycles. The number of nitrogen functional groups attached to an aromatic ring is 1. The van der Waals surface area contributed by atoms with Gasteiger partial charge in [-0.25, -0.2) is 0 Å². The summed E-state index contributed by atoms with van der Waals surface area (Å²) >= 11 is 0. The maximum atomic E-state index is 12.5. The van der Waals surface area contributed by atoms with Crippen LogP contribution in [0.25, 0.3) is 11.1 Å². The smallest absolute Gasteiger partial charge is 0.307 e. The zero-order chi connectivity index (χ0) is 22.7. The monoisotopic (exact) mass is 432 g/mol. The molecular weight excluding hydrogens is 404 g/mol. The van der Waals surface area contributed by atoms with Crippen LogP contribution >= 0.6 is 0 Å². The fraction of sp³-hybridized carbons (Fsp3) is 0.269. The van der Waals surface area contributed by atoms with Crippen LogP contribution in [0.1, 0.15) is 42.1 Å².